The standard InChI is InChI=1S/C37H41Cl2N3O3S/c1-40(2)36(43)29-21-27-9-5-6-10-30(27)32(22-29)37(44)41(3)24-28(26-13-14-33(38)34(39)23-26)17-20-42-18-15-25(16-19-42)31-11-7-8-12-35(31)46(4)45/h5-14,21-23,25,28H,15-20,24H2,1-4H3/t28-,46?/m1/s1. The van der Waals surface area contributed by atoms with Crippen LogP contribution >= 0.6 is 23.2 Å². The van der Waals surface area contributed by atoms with Gasteiger partial charge in [-0.1, -0.05) is 71.7 Å². The molecule has 0 N–H and O–H groups in total. The number of likely N-dealkylation sites (tertiary alicyclic amines) is 1. The van der Waals surface area contributed by atoms with Gasteiger partial charge >= 0.3 is 0 Å². The van der Waals surface area contributed by atoms with Gasteiger partial charge < -0.3 is 14.7 Å². The third-order valence-electron chi connectivity index (χ3n) is 9.05. The molecule has 2 atom stereocenters. The molecule has 46 heavy (non-hydrogen) atoms. The molecule has 0 radical (unpaired) electrons. The SMILES string of the molecule is CN(C)C(=O)c1cc(C(=O)N(C)C[C@@H](CCN2CCC(c3ccccc3S(C)=O)CC2)c2ccc(Cl)c(Cl)c2)c2ccccc2c1. The molecule has 242 valence electrons. The number of hydrogen-bond donors (Lipinski definition) is 0. The molecule has 5 rings (SSSR count). The highest BCUT2D eigenvalue weighted by Gasteiger charge is 2.26. The van der Waals surface area contributed by atoms with Gasteiger partial charge in [-0.3, -0.25) is 13.8 Å². The first-order chi connectivity index (χ1) is 22.0. The first-order valence-electron chi connectivity index (χ1n) is 15.6. The van der Waals surface area contributed by atoms with Gasteiger partial charge in [-0.25, -0.2) is 0 Å². The van der Waals surface area contributed by atoms with Gasteiger partial charge in [0.25, 0.3) is 11.8 Å². The second kappa shape index (κ2) is 15.1. The van der Waals surface area contributed by atoms with Gasteiger partial charge in [0, 0.05) is 55.9 Å². The van der Waals surface area contributed by atoms with E-state index in [9.17, 15) is 13.8 Å². The van der Waals surface area contributed by atoms with Crippen molar-refractivity contribution in [2.75, 3.05) is 53.6 Å². The number of carbonyl (C=O) groups is 2. The van der Waals surface area contributed by atoms with Crippen LogP contribution < -0.4 is 0 Å². The summed E-state index contributed by atoms with van der Waals surface area (Å²) in [6.45, 7) is 3.26. The summed E-state index contributed by atoms with van der Waals surface area (Å²) in [5.74, 6) is 0.132. The number of carbonyl (C=O) groups excluding carboxylic acids is 2. The summed E-state index contributed by atoms with van der Waals surface area (Å²) in [6, 6.07) is 25.1. The number of benzene rings is 4. The maximum absolute atomic E-state index is 14.1. The Morgan fingerprint density at radius 1 is 0.891 bits per heavy atom. The van der Waals surface area contributed by atoms with Crippen LogP contribution in [0.25, 0.3) is 10.8 Å². The Hall–Kier alpha value is -3.23. The number of nitrogens with zero attached hydrogens (tertiary/aromatic N) is 3. The van der Waals surface area contributed by atoms with Crippen LogP contribution in [-0.2, 0) is 10.8 Å². The Kier molecular flexibility index (Phi) is 11.2. The molecular weight excluding hydrogens is 637 g/mol. The molecule has 2 amide bonds. The van der Waals surface area contributed by atoms with Gasteiger partial charge in [-0.2, -0.15) is 0 Å². The summed E-state index contributed by atoms with van der Waals surface area (Å²) in [4.78, 5) is 33.7. The van der Waals surface area contributed by atoms with E-state index in [4.69, 9.17) is 23.2 Å². The molecule has 1 heterocycles. The van der Waals surface area contributed by atoms with Crippen LogP contribution in [0.15, 0.2) is 83.8 Å². The molecule has 0 bridgehead atoms. The molecule has 4 aromatic rings. The predicted octanol–water partition coefficient (Wildman–Crippen LogP) is 7.71. The molecule has 4 aromatic carbocycles. The molecule has 0 spiro atoms. The number of rotatable bonds is 10. The third kappa shape index (κ3) is 7.83. The highest BCUT2D eigenvalue weighted by atomic mass is 35.5. The molecular formula is C37H41Cl2N3O3S. The predicted molar refractivity (Wildman–Crippen MR) is 190 cm³/mol. The van der Waals surface area contributed by atoms with Crippen molar-refractivity contribution >= 4 is 56.6 Å². The van der Waals surface area contributed by atoms with Crippen molar-refractivity contribution in [3.8, 4) is 0 Å². The van der Waals surface area contributed by atoms with Gasteiger partial charge in [-0.05, 0) is 97.0 Å². The Morgan fingerprint density at radius 3 is 2.28 bits per heavy atom. The smallest absolute Gasteiger partial charge is 0.254 e. The van der Waals surface area contributed by atoms with Crippen LogP contribution in [0.5, 0.6) is 0 Å². The van der Waals surface area contributed by atoms with Gasteiger partial charge in [0.05, 0.1) is 20.8 Å². The van der Waals surface area contributed by atoms with Crippen LogP contribution in [0.4, 0.5) is 0 Å². The summed E-state index contributed by atoms with van der Waals surface area (Å²) >= 11 is 12.7. The van der Waals surface area contributed by atoms with Crippen molar-refractivity contribution in [2.24, 2.45) is 0 Å². The molecule has 1 unspecified atom stereocenters. The number of piperidine rings is 1. The maximum atomic E-state index is 14.1. The molecule has 1 aliphatic rings. The van der Waals surface area contributed by atoms with Crippen molar-refractivity contribution < 1.29 is 13.8 Å². The van der Waals surface area contributed by atoms with Gasteiger partial charge in [0.1, 0.15) is 0 Å². The van der Waals surface area contributed by atoms with E-state index in [2.05, 4.69) is 11.0 Å². The van der Waals surface area contributed by atoms with Crippen molar-refractivity contribution in [3.63, 3.8) is 0 Å². The Labute approximate surface area is 284 Å². The minimum atomic E-state index is -1.01. The highest BCUT2D eigenvalue weighted by Crippen LogP contribution is 2.34. The van der Waals surface area contributed by atoms with Crippen molar-refractivity contribution in [1.29, 1.82) is 0 Å². The molecule has 9 heteroatoms. The van der Waals surface area contributed by atoms with E-state index in [1.165, 1.54) is 10.5 Å². The normalized spacial score (nSPS) is 15.4. The van der Waals surface area contributed by atoms with E-state index in [1.807, 2.05) is 73.8 Å². The zero-order valence-electron chi connectivity index (χ0n) is 26.8. The second-order valence-electron chi connectivity index (χ2n) is 12.4. The average molecular weight is 679 g/mol. The van der Waals surface area contributed by atoms with E-state index in [0.717, 1.165) is 60.1 Å². The number of likely N-dealkylation sites (N-methyl/N-ethyl adjacent to an activating group) is 1. The molecule has 1 fully saturated rings. The fourth-order valence-electron chi connectivity index (χ4n) is 6.50. The first-order valence-corrected chi connectivity index (χ1v) is 17.9. The van der Waals surface area contributed by atoms with Crippen LogP contribution in [0.3, 0.4) is 0 Å². The maximum Gasteiger partial charge on any atom is 0.254 e. The van der Waals surface area contributed by atoms with Crippen molar-refractivity contribution in [3.05, 3.63) is 111 Å². The summed E-state index contributed by atoms with van der Waals surface area (Å²) in [6.07, 6.45) is 4.61. The van der Waals surface area contributed by atoms with Crippen molar-refractivity contribution in [1.82, 2.24) is 14.7 Å². The second-order valence-corrected chi connectivity index (χ2v) is 14.6. The third-order valence-corrected chi connectivity index (χ3v) is 10.8. The monoisotopic (exact) mass is 677 g/mol. The molecule has 1 aliphatic heterocycles. The minimum Gasteiger partial charge on any atom is -0.345 e. The van der Waals surface area contributed by atoms with E-state index in [0.29, 0.717) is 33.6 Å². The topological polar surface area (TPSA) is 60.9 Å². The zero-order chi connectivity index (χ0) is 33.0. The largest absolute Gasteiger partial charge is 0.345 e. The minimum absolute atomic E-state index is 0.0162. The van der Waals surface area contributed by atoms with E-state index >= 15 is 0 Å². The number of halogens is 2. The van der Waals surface area contributed by atoms with E-state index in [1.54, 1.807) is 31.3 Å². The lowest BCUT2D eigenvalue weighted by Crippen LogP contribution is -2.36. The van der Waals surface area contributed by atoms with E-state index < -0.39 is 10.8 Å². The zero-order valence-corrected chi connectivity index (χ0v) is 29.2. The fraction of sp³-hybridized carbons (Fsp3) is 0.351. The lowest BCUT2D eigenvalue weighted by Gasteiger charge is -2.34. The molecule has 6 nitrogen and oxygen atoms in total. The Balaban J connectivity index is 1.33. The summed E-state index contributed by atoms with van der Waals surface area (Å²) in [7, 11) is 4.23. The average Bonchev–Trinajstić information content (AvgIpc) is 3.06. The fourth-order valence-corrected chi connectivity index (χ4v) is 7.65. The van der Waals surface area contributed by atoms with Gasteiger partial charge in [0.2, 0.25) is 0 Å². The van der Waals surface area contributed by atoms with Crippen LogP contribution in [0, 0.1) is 0 Å². The van der Waals surface area contributed by atoms with Gasteiger partial charge in [0.15, 0.2) is 0 Å². The van der Waals surface area contributed by atoms with Crippen LogP contribution in [0.1, 0.15) is 62.9 Å². The summed E-state index contributed by atoms with van der Waals surface area (Å²) in [5.41, 5.74) is 3.23. The highest BCUT2D eigenvalue weighted by molar-refractivity contribution is 7.84. The van der Waals surface area contributed by atoms with Crippen LogP contribution in [-0.4, -0.2) is 84.3 Å². The lowest BCUT2D eigenvalue weighted by molar-refractivity contribution is 0.0783. The molecule has 0 saturated carbocycles. The number of hydrogen-bond acceptors (Lipinski definition) is 4. The first kappa shape index (κ1) is 34.1. The molecule has 1 saturated heterocycles. The number of fused-ring (bicyclic) bond motifs is 1. The van der Waals surface area contributed by atoms with Crippen molar-refractivity contribution in [2.45, 2.75) is 36.0 Å². The lowest BCUT2D eigenvalue weighted by atomic mass is 9.88. The summed E-state index contributed by atoms with van der Waals surface area (Å²) < 4.78 is 12.3. The van der Waals surface area contributed by atoms with Gasteiger partial charge in [-0.15, -0.1) is 0 Å². The Morgan fingerprint density at radius 2 is 1.59 bits per heavy atom. The van der Waals surface area contributed by atoms with E-state index in [-0.39, 0.29) is 17.7 Å². The molecule has 0 aliphatic carbocycles. The number of amides is 2. The quantitative estimate of drug-likeness (QED) is 0.173. The Bertz CT molecular complexity index is 1750. The van der Waals surface area contributed by atoms with Crippen LogP contribution in [0.2, 0.25) is 10.0 Å². The molecule has 0 aromatic heterocycles. The summed E-state index contributed by atoms with van der Waals surface area (Å²) in [5, 5.41) is 2.66.